The number of carbonyl (C=O) groups is 1. The molecule has 1 amide bonds. The predicted molar refractivity (Wildman–Crippen MR) is 53.2 cm³/mol. The van der Waals surface area contributed by atoms with Crippen LogP contribution in [0.4, 0.5) is 4.39 Å². The van der Waals surface area contributed by atoms with Gasteiger partial charge in [-0.2, -0.15) is 0 Å². The number of amides is 1. The fraction of sp³-hybridized carbons (Fsp3) is 0.182. The van der Waals surface area contributed by atoms with Gasteiger partial charge in [0.1, 0.15) is 5.82 Å². The number of benzene rings is 1. The molecule has 0 radical (unpaired) electrons. The standard InChI is InChI=1S/C11H12FNO/c1-3-11(14)13-7-9-5-4-8(2)10(12)6-9/h3-6H,1,7H2,2H3,(H,13,14). The number of hydrogen-bond donors (Lipinski definition) is 1. The van der Waals surface area contributed by atoms with Crippen LogP contribution >= 0.6 is 0 Å². The topological polar surface area (TPSA) is 29.1 Å². The van der Waals surface area contributed by atoms with Gasteiger partial charge in [0.05, 0.1) is 0 Å². The molecule has 3 heteroatoms. The van der Waals surface area contributed by atoms with Crippen molar-refractivity contribution >= 4 is 5.91 Å². The van der Waals surface area contributed by atoms with Crippen LogP contribution in [0.1, 0.15) is 11.1 Å². The van der Waals surface area contributed by atoms with Crippen molar-refractivity contribution < 1.29 is 9.18 Å². The Morgan fingerprint density at radius 1 is 1.64 bits per heavy atom. The zero-order chi connectivity index (χ0) is 10.6. The van der Waals surface area contributed by atoms with E-state index in [-0.39, 0.29) is 11.7 Å². The molecule has 1 rings (SSSR count). The minimum atomic E-state index is -0.258. The molecule has 0 heterocycles. The van der Waals surface area contributed by atoms with E-state index in [1.165, 1.54) is 12.1 Å². The lowest BCUT2D eigenvalue weighted by Gasteiger charge is -2.03. The summed E-state index contributed by atoms with van der Waals surface area (Å²) in [6, 6.07) is 4.88. The minimum absolute atomic E-state index is 0.254. The molecule has 0 atom stereocenters. The molecule has 1 aromatic rings. The number of halogens is 1. The number of aryl methyl sites for hydroxylation is 1. The van der Waals surface area contributed by atoms with Gasteiger partial charge in [-0.3, -0.25) is 4.79 Å². The molecule has 0 aromatic heterocycles. The lowest BCUT2D eigenvalue weighted by atomic mass is 10.1. The summed E-state index contributed by atoms with van der Waals surface area (Å²) in [4.78, 5) is 10.8. The molecule has 74 valence electrons. The van der Waals surface area contributed by atoms with Crippen LogP contribution in [0, 0.1) is 12.7 Å². The summed E-state index contributed by atoms with van der Waals surface area (Å²) in [5.74, 6) is -0.513. The highest BCUT2D eigenvalue weighted by Crippen LogP contribution is 2.08. The molecular weight excluding hydrogens is 181 g/mol. The summed E-state index contributed by atoms with van der Waals surface area (Å²) in [6.07, 6.45) is 1.19. The van der Waals surface area contributed by atoms with Gasteiger partial charge in [0.2, 0.25) is 5.91 Å². The van der Waals surface area contributed by atoms with Gasteiger partial charge < -0.3 is 5.32 Å². The molecule has 0 spiro atoms. The predicted octanol–water partition coefficient (Wildman–Crippen LogP) is 1.94. The second-order valence-electron chi connectivity index (χ2n) is 3.01. The Morgan fingerprint density at radius 3 is 2.93 bits per heavy atom. The van der Waals surface area contributed by atoms with Crippen molar-refractivity contribution in [3.8, 4) is 0 Å². The van der Waals surface area contributed by atoms with E-state index < -0.39 is 0 Å². The third-order valence-electron chi connectivity index (χ3n) is 1.89. The molecule has 0 bridgehead atoms. The Kier molecular flexibility index (Phi) is 3.40. The molecule has 14 heavy (non-hydrogen) atoms. The average Bonchev–Trinajstić information content (AvgIpc) is 2.19. The molecule has 2 nitrogen and oxygen atoms in total. The van der Waals surface area contributed by atoms with Crippen molar-refractivity contribution in [1.29, 1.82) is 0 Å². The first kappa shape index (κ1) is 10.4. The smallest absolute Gasteiger partial charge is 0.243 e. The molecule has 0 unspecified atom stereocenters. The van der Waals surface area contributed by atoms with Gasteiger partial charge in [0.15, 0.2) is 0 Å². The number of rotatable bonds is 3. The summed E-state index contributed by atoms with van der Waals surface area (Å²) < 4.78 is 13.1. The third kappa shape index (κ3) is 2.69. The summed E-state index contributed by atoms with van der Waals surface area (Å²) in [5, 5.41) is 2.57. The van der Waals surface area contributed by atoms with E-state index in [9.17, 15) is 9.18 Å². The quantitative estimate of drug-likeness (QED) is 0.730. The van der Waals surface area contributed by atoms with Crippen molar-refractivity contribution in [3.05, 3.63) is 47.8 Å². The first-order chi connectivity index (χ1) is 6.63. The Balaban J connectivity index is 2.64. The van der Waals surface area contributed by atoms with Gasteiger partial charge in [-0.1, -0.05) is 18.7 Å². The summed E-state index contributed by atoms with van der Waals surface area (Å²) in [5.41, 5.74) is 1.34. The van der Waals surface area contributed by atoms with E-state index in [1.807, 2.05) is 0 Å². The Morgan fingerprint density at radius 2 is 2.36 bits per heavy atom. The van der Waals surface area contributed by atoms with Gasteiger partial charge in [-0.25, -0.2) is 4.39 Å². The van der Waals surface area contributed by atoms with Gasteiger partial charge in [-0.05, 0) is 30.2 Å². The van der Waals surface area contributed by atoms with E-state index in [0.717, 1.165) is 5.56 Å². The van der Waals surface area contributed by atoms with Crippen molar-refractivity contribution in [2.75, 3.05) is 0 Å². The van der Waals surface area contributed by atoms with Crippen LogP contribution in [0.5, 0.6) is 0 Å². The lowest BCUT2D eigenvalue weighted by molar-refractivity contribution is -0.116. The van der Waals surface area contributed by atoms with Crippen LogP contribution in [-0.2, 0) is 11.3 Å². The second-order valence-corrected chi connectivity index (χ2v) is 3.01. The Labute approximate surface area is 82.4 Å². The highest BCUT2D eigenvalue weighted by molar-refractivity contribution is 5.86. The number of carbonyl (C=O) groups excluding carboxylic acids is 1. The molecule has 0 aliphatic rings. The van der Waals surface area contributed by atoms with Crippen molar-refractivity contribution in [2.24, 2.45) is 0 Å². The van der Waals surface area contributed by atoms with Gasteiger partial charge in [0, 0.05) is 6.54 Å². The zero-order valence-electron chi connectivity index (χ0n) is 8.01. The maximum Gasteiger partial charge on any atom is 0.243 e. The van der Waals surface area contributed by atoms with Crippen molar-refractivity contribution in [1.82, 2.24) is 5.32 Å². The third-order valence-corrected chi connectivity index (χ3v) is 1.89. The molecule has 0 saturated carbocycles. The van der Waals surface area contributed by atoms with E-state index >= 15 is 0 Å². The largest absolute Gasteiger partial charge is 0.348 e. The first-order valence-corrected chi connectivity index (χ1v) is 4.29. The summed E-state index contributed by atoms with van der Waals surface area (Å²) in [7, 11) is 0. The van der Waals surface area contributed by atoms with E-state index in [2.05, 4.69) is 11.9 Å². The van der Waals surface area contributed by atoms with Crippen LogP contribution in [0.2, 0.25) is 0 Å². The van der Waals surface area contributed by atoms with Gasteiger partial charge >= 0.3 is 0 Å². The van der Waals surface area contributed by atoms with Gasteiger partial charge in [-0.15, -0.1) is 0 Å². The minimum Gasteiger partial charge on any atom is -0.348 e. The first-order valence-electron chi connectivity index (χ1n) is 4.29. The summed E-state index contributed by atoms with van der Waals surface area (Å²) >= 11 is 0. The monoisotopic (exact) mass is 193 g/mol. The molecule has 0 aliphatic heterocycles. The molecule has 0 saturated heterocycles. The Hall–Kier alpha value is -1.64. The Bertz CT molecular complexity index is 360. The van der Waals surface area contributed by atoms with Gasteiger partial charge in [0.25, 0.3) is 0 Å². The molecular formula is C11H12FNO. The molecule has 0 aliphatic carbocycles. The fourth-order valence-electron chi connectivity index (χ4n) is 1.01. The highest BCUT2D eigenvalue weighted by atomic mass is 19.1. The van der Waals surface area contributed by atoms with Crippen LogP contribution in [-0.4, -0.2) is 5.91 Å². The normalized spacial score (nSPS) is 9.57. The second kappa shape index (κ2) is 4.56. The number of hydrogen-bond acceptors (Lipinski definition) is 1. The highest BCUT2D eigenvalue weighted by Gasteiger charge is 2.00. The van der Waals surface area contributed by atoms with Crippen LogP contribution < -0.4 is 5.32 Å². The van der Waals surface area contributed by atoms with Crippen molar-refractivity contribution in [2.45, 2.75) is 13.5 Å². The van der Waals surface area contributed by atoms with E-state index in [4.69, 9.17) is 0 Å². The zero-order valence-corrected chi connectivity index (χ0v) is 8.01. The van der Waals surface area contributed by atoms with E-state index in [1.54, 1.807) is 19.1 Å². The maximum absolute atomic E-state index is 13.1. The van der Waals surface area contributed by atoms with Crippen LogP contribution in [0.3, 0.4) is 0 Å². The van der Waals surface area contributed by atoms with E-state index in [0.29, 0.717) is 12.1 Å². The van der Waals surface area contributed by atoms with Crippen molar-refractivity contribution in [3.63, 3.8) is 0 Å². The molecule has 0 fully saturated rings. The molecule has 1 aromatic carbocycles. The molecule has 1 N–H and O–H groups in total. The average molecular weight is 193 g/mol. The fourth-order valence-corrected chi connectivity index (χ4v) is 1.01. The SMILES string of the molecule is C=CC(=O)NCc1ccc(C)c(F)c1. The summed E-state index contributed by atoms with van der Waals surface area (Å²) in [6.45, 7) is 5.34. The van der Waals surface area contributed by atoms with Crippen LogP contribution in [0.25, 0.3) is 0 Å². The number of nitrogens with one attached hydrogen (secondary N) is 1. The lowest BCUT2D eigenvalue weighted by Crippen LogP contribution is -2.19. The van der Waals surface area contributed by atoms with Crippen LogP contribution in [0.15, 0.2) is 30.9 Å². The maximum atomic E-state index is 13.1.